The van der Waals surface area contributed by atoms with Crippen molar-refractivity contribution in [3.05, 3.63) is 39.0 Å². The lowest BCUT2D eigenvalue weighted by atomic mass is 10.3. The fraction of sp³-hybridized carbons (Fsp3) is 0.286. The number of aromatic nitrogens is 4. The lowest BCUT2D eigenvalue weighted by Gasteiger charge is -2.05. The maximum Gasteiger partial charge on any atom is 0.446 e. The topological polar surface area (TPSA) is 116 Å². The van der Waals surface area contributed by atoms with Crippen LogP contribution in [0.3, 0.4) is 0 Å². The second kappa shape index (κ2) is 7.91. The summed E-state index contributed by atoms with van der Waals surface area (Å²) in [7, 11) is -0.892. The zero-order valence-corrected chi connectivity index (χ0v) is 15.8. The molecule has 0 aliphatic heterocycles. The van der Waals surface area contributed by atoms with Crippen LogP contribution in [0.2, 0.25) is 0 Å². The van der Waals surface area contributed by atoms with Gasteiger partial charge in [0.25, 0.3) is 0 Å². The Morgan fingerprint density at radius 2 is 2.15 bits per heavy atom. The Hall–Kier alpha value is -2.34. The van der Waals surface area contributed by atoms with E-state index in [2.05, 4.69) is 36.7 Å². The highest BCUT2D eigenvalue weighted by Gasteiger charge is 2.23. The van der Waals surface area contributed by atoms with Gasteiger partial charge in [-0.3, -0.25) is 8.73 Å². The van der Waals surface area contributed by atoms with Crippen LogP contribution in [0.5, 0.6) is 0 Å². The molecule has 1 aromatic carbocycles. The van der Waals surface area contributed by atoms with E-state index in [0.29, 0.717) is 24.4 Å². The molecule has 1 atom stereocenters. The third kappa shape index (κ3) is 3.90. The van der Waals surface area contributed by atoms with Crippen molar-refractivity contribution in [1.82, 2.24) is 20.0 Å². The van der Waals surface area contributed by atoms with Crippen LogP contribution in [0, 0.1) is 5.82 Å². The van der Waals surface area contributed by atoms with Crippen molar-refractivity contribution in [2.24, 2.45) is 0 Å². The van der Waals surface area contributed by atoms with E-state index >= 15 is 0 Å². The number of hydrogen-bond donors (Lipinski definition) is 1. The highest BCUT2D eigenvalue weighted by atomic mass is 79.9. The summed E-state index contributed by atoms with van der Waals surface area (Å²) in [5, 5.41) is 14.2. The molecule has 2 heterocycles. The van der Waals surface area contributed by atoms with Crippen LogP contribution in [0.4, 0.5) is 10.2 Å². The molecule has 0 aliphatic rings. The summed E-state index contributed by atoms with van der Waals surface area (Å²) in [6, 6.07) is 4.02. The lowest BCUT2D eigenvalue weighted by molar-refractivity contribution is 0.309. The SMILES string of the molecule is CS(=O)CCCNc1nonc1-c1noc(=O)n1-c1ccc(F)c(Br)c1. The molecule has 2 aromatic heterocycles. The zero-order chi connectivity index (χ0) is 18.7. The Kier molecular flexibility index (Phi) is 5.61. The Morgan fingerprint density at radius 1 is 1.35 bits per heavy atom. The van der Waals surface area contributed by atoms with Gasteiger partial charge in [0.1, 0.15) is 5.82 Å². The van der Waals surface area contributed by atoms with Gasteiger partial charge in [0.05, 0.1) is 10.2 Å². The van der Waals surface area contributed by atoms with Gasteiger partial charge >= 0.3 is 5.76 Å². The molecule has 0 saturated carbocycles. The summed E-state index contributed by atoms with van der Waals surface area (Å²) in [4.78, 5) is 12.1. The Bertz CT molecular complexity index is 1000. The van der Waals surface area contributed by atoms with Gasteiger partial charge in [-0.1, -0.05) is 5.16 Å². The van der Waals surface area contributed by atoms with Crippen LogP contribution in [0.1, 0.15) is 6.42 Å². The largest absolute Gasteiger partial charge is 0.446 e. The smallest absolute Gasteiger partial charge is 0.365 e. The standard InChI is InChI=1S/C14H13BrFN5O4S/c1-26(23)6-2-5-17-12-11(18-25-19-12)13-20-24-14(22)21(13)8-3-4-10(16)9(15)7-8/h3-4,7H,2,5-6H2,1H3,(H,17,19). The molecule has 0 saturated heterocycles. The molecule has 26 heavy (non-hydrogen) atoms. The fourth-order valence-electron chi connectivity index (χ4n) is 2.18. The summed E-state index contributed by atoms with van der Waals surface area (Å²) in [5.41, 5.74) is 0.490. The van der Waals surface area contributed by atoms with E-state index in [1.807, 2.05) is 0 Å². The van der Waals surface area contributed by atoms with E-state index in [-0.39, 0.29) is 21.8 Å². The summed E-state index contributed by atoms with van der Waals surface area (Å²) < 4.78 is 35.3. The molecule has 0 spiro atoms. The van der Waals surface area contributed by atoms with E-state index in [1.165, 1.54) is 18.2 Å². The maximum absolute atomic E-state index is 13.5. The van der Waals surface area contributed by atoms with E-state index < -0.39 is 22.4 Å². The van der Waals surface area contributed by atoms with Crippen molar-refractivity contribution in [1.29, 1.82) is 0 Å². The third-order valence-corrected chi connectivity index (χ3v) is 4.84. The van der Waals surface area contributed by atoms with Crippen LogP contribution in [-0.4, -0.2) is 42.8 Å². The molecule has 0 aliphatic carbocycles. The summed E-state index contributed by atoms with van der Waals surface area (Å²) in [6.45, 7) is 0.477. The van der Waals surface area contributed by atoms with Crippen molar-refractivity contribution < 1.29 is 17.8 Å². The lowest BCUT2D eigenvalue weighted by Crippen LogP contribution is -2.14. The highest BCUT2D eigenvalue weighted by molar-refractivity contribution is 9.10. The summed E-state index contributed by atoms with van der Waals surface area (Å²) in [6.07, 6.45) is 2.27. The number of nitrogens with one attached hydrogen (secondary N) is 1. The molecule has 0 radical (unpaired) electrons. The van der Waals surface area contributed by atoms with E-state index in [9.17, 15) is 13.4 Å². The number of anilines is 1. The predicted molar refractivity (Wildman–Crippen MR) is 95.1 cm³/mol. The minimum atomic E-state index is -0.892. The maximum atomic E-state index is 13.5. The number of benzene rings is 1. The average molecular weight is 446 g/mol. The number of rotatable bonds is 7. The van der Waals surface area contributed by atoms with Crippen LogP contribution < -0.4 is 11.1 Å². The first kappa shape index (κ1) is 18.5. The van der Waals surface area contributed by atoms with Gasteiger partial charge in [-0.05, 0) is 50.9 Å². The van der Waals surface area contributed by atoms with E-state index in [4.69, 9.17) is 9.15 Å². The second-order valence-corrected chi connectivity index (χ2v) is 7.63. The molecular weight excluding hydrogens is 433 g/mol. The fourth-order valence-corrected chi connectivity index (χ4v) is 3.10. The molecular formula is C14H13BrFN5O4S. The third-order valence-electron chi connectivity index (χ3n) is 3.37. The van der Waals surface area contributed by atoms with Crippen LogP contribution in [-0.2, 0) is 10.8 Å². The van der Waals surface area contributed by atoms with Gasteiger partial charge in [0.2, 0.25) is 11.6 Å². The quantitative estimate of drug-likeness (QED) is 0.548. The van der Waals surface area contributed by atoms with Crippen molar-refractivity contribution in [3.63, 3.8) is 0 Å². The molecule has 0 bridgehead atoms. The van der Waals surface area contributed by atoms with Crippen molar-refractivity contribution >= 4 is 32.5 Å². The predicted octanol–water partition coefficient (Wildman–Crippen LogP) is 1.96. The van der Waals surface area contributed by atoms with Crippen LogP contribution in [0.25, 0.3) is 17.2 Å². The highest BCUT2D eigenvalue weighted by Crippen LogP contribution is 2.26. The molecule has 0 amide bonds. The van der Waals surface area contributed by atoms with Crippen molar-refractivity contribution in [2.45, 2.75) is 6.42 Å². The molecule has 1 N–H and O–H groups in total. The van der Waals surface area contributed by atoms with Crippen molar-refractivity contribution in [2.75, 3.05) is 23.9 Å². The van der Waals surface area contributed by atoms with Gasteiger partial charge in [-0.15, -0.1) is 0 Å². The number of nitrogens with zero attached hydrogens (tertiary/aromatic N) is 4. The summed E-state index contributed by atoms with van der Waals surface area (Å²) >= 11 is 3.07. The van der Waals surface area contributed by atoms with E-state index in [1.54, 1.807) is 6.26 Å². The minimum absolute atomic E-state index is 0.0522. The van der Waals surface area contributed by atoms with Gasteiger partial charge in [-0.25, -0.2) is 18.4 Å². The Morgan fingerprint density at radius 3 is 2.88 bits per heavy atom. The van der Waals surface area contributed by atoms with Crippen LogP contribution >= 0.6 is 15.9 Å². The Labute approximate surface area is 157 Å². The molecule has 3 aromatic rings. The number of hydrogen-bond acceptors (Lipinski definition) is 8. The number of halogens is 2. The monoisotopic (exact) mass is 445 g/mol. The van der Waals surface area contributed by atoms with Crippen LogP contribution in [0.15, 0.2) is 36.6 Å². The van der Waals surface area contributed by atoms with Gasteiger partial charge in [-0.2, -0.15) is 0 Å². The molecule has 1 unspecified atom stereocenters. The zero-order valence-electron chi connectivity index (χ0n) is 13.4. The molecule has 3 rings (SSSR count). The molecule has 9 nitrogen and oxygen atoms in total. The van der Waals surface area contributed by atoms with E-state index in [0.717, 1.165) is 4.57 Å². The normalized spacial score (nSPS) is 12.3. The van der Waals surface area contributed by atoms with Crippen molar-refractivity contribution in [3.8, 4) is 17.2 Å². The van der Waals surface area contributed by atoms with Gasteiger partial charge < -0.3 is 5.32 Å². The first-order chi connectivity index (χ1) is 12.5. The first-order valence-electron chi connectivity index (χ1n) is 7.38. The Balaban J connectivity index is 1.92. The van der Waals surface area contributed by atoms with Gasteiger partial charge in [0, 0.05) is 29.4 Å². The second-order valence-electron chi connectivity index (χ2n) is 5.22. The molecule has 138 valence electrons. The molecule has 0 fully saturated rings. The molecule has 12 heteroatoms. The van der Waals surface area contributed by atoms with Gasteiger partial charge in [0.15, 0.2) is 5.69 Å². The minimum Gasteiger partial charge on any atom is -0.365 e. The average Bonchev–Trinajstić information content (AvgIpc) is 3.20. The first-order valence-corrected chi connectivity index (χ1v) is 9.90. The summed E-state index contributed by atoms with van der Waals surface area (Å²) in [5.74, 6) is -0.398.